The van der Waals surface area contributed by atoms with Gasteiger partial charge in [-0.2, -0.15) is 0 Å². The van der Waals surface area contributed by atoms with Crippen molar-refractivity contribution < 1.29 is 23.5 Å². The molecule has 1 aliphatic carbocycles. The average molecular weight is 518 g/mol. The van der Waals surface area contributed by atoms with Gasteiger partial charge in [-0.25, -0.2) is 13.8 Å². The number of amides is 2. The van der Waals surface area contributed by atoms with E-state index in [2.05, 4.69) is 23.5 Å². The smallest absolute Gasteiger partial charge is 0.270 e. The average Bonchev–Trinajstić information content (AvgIpc) is 3.55. The maximum absolute atomic E-state index is 13.6. The summed E-state index contributed by atoms with van der Waals surface area (Å²) in [6.45, 7) is 1.61. The van der Waals surface area contributed by atoms with Gasteiger partial charge < -0.3 is 15.3 Å². The first kappa shape index (κ1) is 25.7. The molecule has 0 bridgehead atoms. The fourth-order valence-corrected chi connectivity index (χ4v) is 5.43. The lowest BCUT2D eigenvalue weighted by Crippen LogP contribution is -2.27. The molecule has 2 amide bonds. The van der Waals surface area contributed by atoms with Crippen LogP contribution in [0.4, 0.5) is 8.78 Å². The molecule has 3 aromatic rings. The Bertz CT molecular complexity index is 1420. The van der Waals surface area contributed by atoms with Gasteiger partial charge in [-0.15, -0.1) is 0 Å². The highest BCUT2D eigenvalue weighted by atomic mass is 19.1. The van der Waals surface area contributed by atoms with E-state index in [4.69, 9.17) is 4.98 Å². The molecule has 0 unspecified atom stereocenters. The molecule has 2 N–H and O–H groups in total. The molecule has 0 radical (unpaired) electrons. The quantitative estimate of drug-likeness (QED) is 0.445. The lowest BCUT2D eigenvalue weighted by atomic mass is 9.93. The van der Waals surface area contributed by atoms with Crippen molar-refractivity contribution in [2.75, 3.05) is 6.61 Å². The minimum absolute atomic E-state index is 0.0715. The van der Waals surface area contributed by atoms with E-state index in [-0.39, 0.29) is 30.8 Å². The Labute approximate surface area is 220 Å². The van der Waals surface area contributed by atoms with Crippen LogP contribution >= 0.6 is 0 Å². The maximum Gasteiger partial charge on any atom is 0.270 e. The van der Waals surface area contributed by atoms with Crippen LogP contribution in [0.5, 0.6) is 0 Å². The highest BCUT2D eigenvalue weighted by molar-refractivity contribution is 5.93. The second-order valence-electron chi connectivity index (χ2n) is 9.77. The number of nitrogens with zero attached hydrogens (tertiary/aromatic N) is 2. The number of fused-ring (bicyclic) bond motifs is 1. The van der Waals surface area contributed by atoms with E-state index in [1.165, 1.54) is 24.6 Å². The summed E-state index contributed by atoms with van der Waals surface area (Å²) in [6, 6.07) is 12.4. The van der Waals surface area contributed by atoms with Gasteiger partial charge >= 0.3 is 0 Å². The van der Waals surface area contributed by atoms with Crippen molar-refractivity contribution in [3.63, 3.8) is 0 Å². The minimum Gasteiger partial charge on any atom is -0.396 e. The highest BCUT2D eigenvalue weighted by Gasteiger charge is 2.35. The lowest BCUT2D eigenvalue weighted by molar-refractivity contribution is -0.131. The van der Waals surface area contributed by atoms with Crippen molar-refractivity contribution in [1.82, 2.24) is 15.2 Å². The normalized spacial score (nSPS) is 16.4. The molecule has 8 heteroatoms. The third kappa shape index (κ3) is 5.22. The molecule has 5 rings (SSSR count). The van der Waals surface area contributed by atoms with Crippen LogP contribution in [-0.4, -0.2) is 33.4 Å². The molecule has 196 valence electrons. The Morgan fingerprint density at radius 1 is 1.11 bits per heavy atom. The van der Waals surface area contributed by atoms with Crippen molar-refractivity contribution in [3.05, 3.63) is 94.2 Å². The first-order chi connectivity index (χ1) is 18.3. The SMILES string of the molecule is CC(=O)N1Cc2cc(C(=O)NCc3cc(F)cc(F)c3)nc(-c3cccc(C4=CCCC4)c3)c2[C@H]1CCO. The Kier molecular flexibility index (Phi) is 7.33. The maximum atomic E-state index is 13.6. The summed E-state index contributed by atoms with van der Waals surface area (Å²) in [7, 11) is 0. The number of hydrogen-bond acceptors (Lipinski definition) is 4. The molecule has 1 aromatic heterocycles. The number of aromatic nitrogens is 1. The molecule has 6 nitrogen and oxygen atoms in total. The number of pyridine rings is 1. The molecule has 2 aromatic carbocycles. The van der Waals surface area contributed by atoms with Gasteiger partial charge in [0.25, 0.3) is 5.91 Å². The Morgan fingerprint density at radius 3 is 2.55 bits per heavy atom. The molecule has 2 heterocycles. The Balaban J connectivity index is 1.55. The zero-order valence-corrected chi connectivity index (χ0v) is 21.1. The number of aliphatic hydroxyl groups excluding tert-OH is 1. The zero-order valence-electron chi connectivity index (χ0n) is 21.1. The standard InChI is InChI=1S/C30H29F2N3O3/c1-18(37)35-17-23-14-26(30(38)33-16-19-11-24(31)15-25(32)12-19)34-29(28(23)27(35)9-10-36)22-8-4-7-21(13-22)20-5-2-3-6-20/h4-5,7-8,11-15,27,36H,2-3,6,9-10,16-17H2,1H3,(H,33,38)/t27-/m1/s1. The molecule has 2 aliphatic rings. The van der Waals surface area contributed by atoms with Crippen LogP contribution in [0, 0.1) is 11.6 Å². The summed E-state index contributed by atoms with van der Waals surface area (Å²) in [4.78, 5) is 32.1. The van der Waals surface area contributed by atoms with E-state index in [0.29, 0.717) is 24.2 Å². The molecule has 1 aliphatic heterocycles. The van der Waals surface area contributed by atoms with E-state index in [0.717, 1.165) is 47.6 Å². The van der Waals surface area contributed by atoms with Gasteiger partial charge in [-0.05, 0) is 72.2 Å². The van der Waals surface area contributed by atoms with Crippen LogP contribution in [0.25, 0.3) is 16.8 Å². The molecule has 0 saturated carbocycles. The van der Waals surface area contributed by atoms with E-state index in [9.17, 15) is 23.5 Å². The first-order valence-corrected chi connectivity index (χ1v) is 12.8. The monoisotopic (exact) mass is 517 g/mol. The van der Waals surface area contributed by atoms with Gasteiger partial charge in [-0.1, -0.05) is 24.3 Å². The van der Waals surface area contributed by atoms with Crippen LogP contribution < -0.4 is 5.32 Å². The van der Waals surface area contributed by atoms with Crippen LogP contribution in [0.1, 0.15) is 71.4 Å². The zero-order chi connectivity index (χ0) is 26.8. The Hall–Kier alpha value is -3.91. The summed E-state index contributed by atoms with van der Waals surface area (Å²) >= 11 is 0. The number of nitrogens with one attached hydrogen (secondary N) is 1. The number of allylic oxidation sites excluding steroid dienone is 2. The van der Waals surface area contributed by atoms with Crippen LogP contribution in [-0.2, 0) is 17.9 Å². The van der Waals surface area contributed by atoms with Gasteiger partial charge in [0.05, 0.1) is 11.7 Å². The molecule has 38 heavy (non-hydrogen) atoms. The highest BCUT2D eigenvalue weighted by Crippen LogP contribution is 2.42. The number of benzene rings is 2. The molecular weight excluding hydrogens is 488 g/mol. The van der Waals surface area contributed by atoms with Gasteiger partial charge in [0, 0.05) is 43.8 Å². The fraction of sp³-hybridized carbons (Fsp3) is 0.300. The number of carbonyl (C=O) groups excluding carboxylic acids is 2. The predicted octanol–water partition coefficient (Wildman–Crippen LogP) is 5.31. The van der Waals surface area contributed by atoms with E-state index < -0.39 is 17.5 Å². The molecule has 0 spiro atoms. The van der Waals surface area contributed by atoms with Crippen molar-refractivity contribution in [2.24, 2.45) is 0 Å². The van der Waals surface area contributed by atoms with Crippen molar-refractivity contribution in [2.45, 2.75) is 51.7 Å². The molecular formula is C30H29F2N3O3. The first-order valence-electron chi connectivity index (χ1n) is 12.8. The molecule has 1 atom stereocenters. The summed E-state index contributed by atoms with van der Waals surface area (Å²) in [5, 5.41) is 12.5. The third-order valence-electron chi connectivity index (χ3n) is 7.16. The predicted molar refractivity (Wildman–Crippen MR) is 140 cm³/mol. The number of hydrogen-bond donors (Lipinski definition) is 2. The van der Waals surface area contributed by atoms with E-state index in [1.54, 1.807) is 11.0 Å². The summed E-state index contributed by atoms with van der Waals surface area (Å²) in [5.41, 5.74) is 5.84. The largest absolute Gasteiger partial charge is 0.396 e. The van der Waals surface area contributed by atoms with E-state index in [1.807, 2.05) is 12.1 Å². The van der Waals surface area contributed by atoms with Gasteiger partial charge in [0.2, 0.25) is 5.91 Å². The van der Waals surface area contributed by atoms with Crippen molar-refractivity contribution >= 4 is 17.4 Å². The van der Waals surface area contributed by atoms with Crippen molar-refractivity contribution in [3.8, 4) is 11.3 Å². The fourth-order valence-electron chi connectivity index (χ4n) is 5.43. The number of aliphatic hydroxyl groups is 1. The molecule has 0 fully saturated rings. The molecule has 0 saturated heterocycles. The van der Waals surface area contributed by atoms with Gasteiger partial charge in [0.1, 0.15) is 17.3 Å². The third-order valence-corrected chi connectivity index (χ3v) is 7.16. The van der Waals surface area contributed by atoms with Crippen LogP contribution in [0.2, 0.25) is 0 Å². The Morgan fingerprint density at radius 2 is 1.87 bits per heavy atom. The number of halogens is 2. The lowest BCUT2D eigenvalue weighted by Gasteiger charge is -2.24. The second kappa shape index (κ2) is 10.8. The topological polar surface area (TPSA) is 82.5 Å². The minimum atomic E-state index is -0.719. The second-order valence-corrected chi connectivity index (χ2v) is 9.77. The van der Waals surface area contributed by atoms with Crippen LogP contribution in [0.15, 0.2) is 54.6 Å². The van der Waals surface area contributed by atoms with E-state index >= 15 is 0 Å². The van der Waals surface area contributed by atoms with Crippen LogP contribution in [0.3, 0.4) is 0 Å². The van der Waals surface area contributed by atoms with Crippen molar-refractivity contribution in [1.29, 1.82) is 0 Å². The van der Waals surface area contributed by atoms with Gasteiger partial charge in [0.15, 0.2) is 0 Å². The number of carbonyl (C=O) groups is 2. The summed E-state index contributed by atoms with van der Waals surface area (Å²) < 4.78 is 27.2. The number of rotatable bonds is 7. The summed E-state index contributed by atoms with van der Waals surface area (Å²) in [6.07, 6.45) is 5.75. The summed E-state index contributed by atoms with van der Waals surface area (Å²) in [5.74, 6) is -2.06. The van der Waals surface area contributed by atoms with Gasteiger partial charge in [-0.3, -0.25) is 9.59 Å².